The number of nitrogens with zero attached hydrogens (tertiary/aromatic N) is 3. The fraction of sp³-hybridized carbons (Fsp3) is 0. The van der Waals surface area contributed by atoms with Crippen molar-refractivity contribution in [1.82, 2.24) is 15.0 Å². The Morgan fingerprint density at radius 3 is 1.65 bits per heavy atom. The van der Waals surface area contributed by atoms with E-state index < -0.39 is 0 Å². The molecule has 12 rings (SSSR count). The molecule has 0 aliphatic rings. The van der Waals surface area contributed by atoms with Crippen LogP contribution in [0.1, 0.15) is 16.9 Å². The van der Waals surface area contributed by atoms with Crippen molar-refractivity contribution in [2.24, 2.45) is 0 Å². The van der Waals surface area contributed by atoms with E-state index in [9.17, 15) is 0 Å². The second-order valence-corrected chi connectivity index (χ2v) is 15.6. The third kappa shape index (κ3) is 5.60. The minimum absolute atomic E-state index is 0.561. The third-order valence-corrected chi connectivity index (χ3v) is 12.1. The van der Waals surface area contributed by atoms with E-state index in [1.807, 2.05) is 97.1 Å². The first kappa shape index (κ1) is 35.5. The Morgan fingerprint density at radius 2 is 0.952 bits per heavy atom. The molecule has 0 N–H and O–H groups in total. The van der Waals surface area contributed by atoms with E-state index in [2.05, 4.69) is 104 Å². The van der Waals surface area contributed by atoms with Gasteiger partial charge in [-0.1, -0.05) is 171 Å². The van der Waals surface area contributed by atoms with Crippen molar-refractivity contribution < 1.29 is 8.83 Å². The molecule has 0 aliphatic carbocycles. The second-order valence-electron chi connectivity index (χ2n) is 15.6. The SMILES string of the molecule is C=Cc1c(C(=C)c2ccccc2)oc2cccc(-c3ccc4oc5cccc(-c6nc(-c7ccccc7)nc(-c7ccc8c9ccccc9c9ccccc9c8c7)n6)c5c4c3)c12. The van der Waals surface area contributed by atoms with Crippen LogP contribution < -0.4 is 0 Å². The van der Waals surface area contributed by atoms with E-state index >= 15 is 0 Å². The van der Waals surface area contributed by atoms with E-state index in [-0.39, 0.29) is 0 Å². The zero-order chi connectivity index (χ0) is 41.3. The van der Waals surface area contributed by atoms with Gasteiger partial charge in [-0.2, -0.15) is 0 Å². The molecule has 3 heterocycles. The van der Waals surface area contributed by atoms with Crippen LogP contribution in [0.5, 0.6) is 0 Å². The Hall–Kier alpha value is -8.41. The summed E-state index contributed by atoms with van der Waals surface area (Å²) >= 11 is 0. The largest absolute Gasteiger partial charge is 0.456 e. The Morgan fingerprint density at radius 1 is 0.403 bits per heavy atom. The molecule has 5 nitrogen and oxygen atoms in total. The first-order chi connectivity index (χ1) is 30.6. The molecule has 9 aromatic carbocycles. The van der Waals surface area contributed by atoms with Crippen LogP contribution in [-0.2, 0) is 0 Å². The minimum atomic E-state index is 0.561. The van der Waals surface area contributed by atoms with Crippen LogP contribution in [0.3, 0.4) is 0 Å². The Labute approximate surface area is 356 Å². The lowest BCUT2D eigenvalue weighted by molar-refractivity contribution is 0.600. The zero-order valence-electron chi connectivity index (χ0n) is 33.5. The maximum atomic E-state index is 6.56. The van der Waals surface area contributed by atoms with E-state index in [1.54, 1.807) is 0 Å². The van der Waals surface area contributed by atoms with E-state index in [0.717, 1.165) is 82.8 Å². The predicted molar refractivity (Wildman–Crippen MR) is 256 cm³/mol. The summed E-state index contributed by atoms with van der Waals surface area (Å²) in [4.78, 5) is 15.6. The fourth-order valence-corrected chi connectivity index (χ4v) is 9.17. The molecule has 0 radical (unpaired) electrons. The van der Waals surface area contributed by atoms with Gasteiger partial charge in [0.05, 0.1) is 0 Å². The summed E-state index contributed by atoms with van der Waals surface area (Å²) in [5, 5.41) is 10.1. The highest BCUT2D eigenvalue weighted by atomic mass is 16.3. The van der Waals surface area contributed by atoms with Crippen molar-refractivity contribution in [1.29, 1.82) is 0 Å². The van der Waals surface area contributed by atoms with Gasteiger partial charge in [0.2, 0.25) is 0 Å². The van der Waals surface area contributed by atoms with Gasteiger partial charge in [0, 0.05) is 44.0 Å². The molecule has 0 saturated heterocycles. The molecule has 3 aromatic heterocycles. The summed E-state index contributed by atoms with van der Waals surface area (Å²) in [6.07, 6.45) is 1.87. The normalized spacial score (nSPS) is 11.7. The van der Waals surface area contributed by atoms with Gasteiger partial charge in [0.25, 0.3) is 0 Å². The van der Waals surface area contributed by atoms with Crippen molar-refractivity contribution >= 4 is 76.9 Å². The molecule has 0 unspecified atom stereocenters. The molecule has 0 fully saturated rings. The van der Waals surface area contributed by atoms with Crippen molar-refractivity contribution in [2.75, 3.05) is 0 Å². The van der Waals surface area contributed by atoms with Gasteiger partial charge in [0.15, 0.2) is 17.5 Å². The topological polar surface area (TPSA) is 65.0 Å². The van der Waals surface area contributed by atoms with E-state index in [1.165, 1.54) is 26.9 Å². The predicted octanol–water partition coefficient (Wildman–Crippen LogP) is 15.3. The van der Waals surface area contributed by atoms with E-state index in [4.69, 9.17) is 23.8 Å². The minimum Gasteiger partial charge on any atom is -0.456 e. The summed E-state index contributed by atoms with van der Waals surface area (Å²) in [6.45, 7) is 8.64. The molecule has 5 heteroatoms. The lowest BCUT2D eigenvalue weighted by atomic mass is 9.93. The van der Waals surface area contributed by atoms with Crippen LogP contribution in [0.25, 0.3) is 122 Å². The number of rotatable bonds is 7. The van der Waals surface area contributed by atoms with Gasteiger partial charge in [-0.15, -0.1) is 0 Å². The first-order valence-electron chi connectivity index (χ1n) is 20.6. The Kier molecular flexibility index (Phi) is 8.09. The summed E-state index contributed by atoms with van der Waals surface area (Å²) in [5.74, 6) is 2.45. The molecular formula is C57H35N3O2. The average molecular weight is 794 g/mol. The molecule has 290 valence electrons. The van der Waals surface area contributed by atoms with Gasteiger partial charge < -0.3 is 8.83 Å². The molecule has 62 heavy (non-hydrogen) atoms. The maximum absolute atomic E-state index is 6.56. The van der Waals surface area contributed by atoms with Crippen molar-refractivity contribution in [2.45, 2.75) is 0 Å². The lowest BCUT2D eigenvalue weighted by Gasteiger charge is -2.13. The Bertz CT molecular complexity index is 3750. The van der Waals surface area contributed by atoms with Gasteiger partial charge in [-0.25, -0.2) is 15.0 Å². The van der Waals surface area contributed by atoms with Crippen LogP contribution >= 0.6 is 0 Å². The number of hydrogen-bond donors (Lipinski definition) is 0. The van der Waals surface area contributed by atoms with Gasteiger partial charge in [-0.05, 0) is 79.3 Å². The van der Waals surface area contributed by atoms with Gasteiger partial charge in [0.1, 0.15) is 22.5 Å². The summed E-state index contributed by atoms with van der Waals surface area (Å²) in [5.41, 5.74) is 9.69. The quantitative estimate of drug-likeness (QED) is 0.150. The van der Waals surface area contributed by atoms with Gasteiger partial charge in [-0.3, -0.25) is 0 Å². The number of hydrogen-bond acceptors (Lipinski definition) is 5. The summed E-state index contributed by atoms with van der Waals surface area (Å²) in [6, 6.07) is 62.6. The number of aromatic nitrogens is 3. The average Bonchev–Trinajstić information content (AvgIpc) is 3.92. The number of fused-ring (bicyclic) bond motifs is 10. The first-order valence-corrected chi connectivity index (χ1v) is 20.6. The molecule has 0 amide bonds. The third-order valence-electron chi connectivity index (χ3n) is 12.1. The van der Waals surface area contributed by atoms with Gasteiger partial charge >= 0.3 is 0 Å². The van der Waals surface area contributed by atoms with Crippen LogP contribution in [0.2, 0.25) is 0 Å². The smallest absolute Gasteiger partial charge is 0.164 e. The number of benzene rings is 9. The van der Waals surface area contributed by atoms with E-state index in [0.29, 0.717) is 23.2 Å². The number of furan rings is 2. The summed E-state index contributed by atoms with van der Waals surface area (Å²) < 4.78 is 13.1. The van der Waals surface area contributed by atoms with Crippen molar-refractivity contribution in [3.63, 3.8) is 0 Å². The Balaban J connectivity index is 1.05. The highest BCUT2D eigenvalue weighted by Crippen LogP contribution is 2.43. The standard InChI is InChI=1S/C57H35N3O2/c1-3-39-52-40(24-14-27-51(52)62-54(39)34(2)35-16-6-4-7-17-35)37-29-31-49-48(32-37)53-46(25-15-26-50(53)61-49)57-59-55(36-18-8-5-9-19-36)58-56(60-57)38-28-30-45-43-22-11-10-20-41(43)42-21-12-13-23-44(42)47(45)33-38/h3-33H,1-2H2. The lowest BCUT2D eigenvalue weighted by Crippen LogP contribution is -2.00. The highest BCUT2D eigenvalue weighted by Gasteiger charge is 2.22. The van der Waals surface area contributed by atoms with Crippen LogP contribution in [0.15, 0.2) is 204 Å². The van der Waals surface area contributed by atoms with Crippen molar-refractivity contribution in [3.8, 4) is 45.3 Å². The molecule has 0 saturated carbocycles. The molecule has 12 aromatic rings. The molecule has 0 bridgehead atoms. The monoisotopic (exact) mass is 793 g/mol. The van der Waals surface area contributed by atoms with Crippen LogP contribution in [-0.4, -0.2) is 15.0 Å². The molecular weight excluding hydrogens is 759 g/mol. The zero-order valence-corrected chi connectivity index (χ0v) is 33.5. The van der Waals surface area contributed by atoms with Crippen molar-refractivity contribution in [3.05, 3.63) is 212 Å². The molecule has 0 spiro atoms. The molecule has 0 atom stereocenters. The van der Waals surface area contributed by atoms with Crippen LogP contribution in [0, 0.1) is 0 Å². The maximum Gasteiger partial charge on any atom is 0.164 e. The second kappa shape index (κ2) is 14.1. The molecule has 0 aliphatic heterocycles. The highest BCUT2D eigenvalue weighted by molar-refractivity contribution is 6.25. The fourth-order valence-electron chi connectivity index (χ4n) is 9.17. The van der Waals surface area contributed by atoms with Crippen LogP contribution in [0.4, 0.5) is 0 Å². The summed E-state index contributed by atoms with van der Waals surface area (Å²) in [7, 11) is 0.